The van der Waals surface area contributed by atoms with Gasteiger partial charge in [-0.15, -0.1) is 23.2 Å². The number of nitrogens with one attached hydrogen (secondary N) is 1. The molecule has 3 nitrogen and oxygen atoms in total. The van der Waals surface area contributed by atoms with Gasteiger partial charge in [0.2, 0.25) is 0 Å². The molecule has 1 heterocycles. The zero-order chi connectivity index (χ0) is 13.9. The highest BCUT2D eigenvalue weighted by atomic mass is 35.5. The number of hydrogen-bond acceptors (Lipinski definition) is 2. The van der Waals surface area contributed by atoms with E-state index in [9.17, 15) is 4.79 Å². The van der Waals surface area contributed by atoms with Gasteiger partial charge in [-0.3, -0.25) is 4.79 Å². The minimum Gasteiger partial charge on any atom is -0.466 e. The van der Waals surface area contributed by atoms with Crippen LogP contribution in [0, 0.1) is 20.8 Å². The Balaban J connectivity index is 3.01. The Morgan fingerprint density at radius 1 is 1.22 bits per heavy atom. The lowest BCUT2D eigenvalue weighted by Gasteiger charge is -2.29. The first kappa shape index (κ1) is 15.4. The maximum atomic E-state index is 12.3. The van der Waals surface area contributed by atoms with Crippen molar-refractivity contribution in [2.75, 3.05) is 11.8 Å². The Morgan fingerprint density at radius 3 is 2.11 bits per heavy atom. The van der Waals surface area contributed by atoms with Gasteiger partial charge in [0.05, 0.1) is 11.1 Å². The van der Waals surface area contributed by atoms with E-state index in [1.54, 1.807) is 6.92 Å². The average molecular weight is 292 g/mol. The molecule has 0 atom stereocenters. The lowest BCUT2D eigenvalue weighted by molar-refractivity contribution is 0.0911. The maximum absolute atomic E-state index is 12.3. The molecule has 18 heavy (non-hydrogen) atoms. The second kappa shape index (κ2) is 5.98. The summed E-state index contributed by atoms with van der Waals surface area (Å²) in [5.74, 6) is 1.78. The van der Waals surface area contributed by atoms with Crippen molar-refractivity contribution in [1.29, 1.82) is 0 Å². The molecule has 0 saturated heterocycles. The largest absolute Gasteiger partial charge is 0.466 e. The second-order valence-corrected chi connectivity index (χ2v) is 5.10. The highest BCUT2D eigenvalue weighted by molar-refractivity contribution is 6.22. The van der Waals surface area contributed by atoms with E-state index < -0.39 is 5.54 Å². The summed E-state index contributed by atoms with van der Waals surface area (Å²) in [6, 6.07) is 0. The first-order chi connectivity index (χ1) is 8.40. The molecule has 1 rings (SSSR count). The lowest BCUT2D eigenvalue weighted by Crippen LogP contribution is -2.51. The molecule has 0 aromatic carbocycles. The van der Waals surface area contributed by atoms with Crippen LogP contribution >= 0.6 is 23.2 Å². The Kier molecular flexibility index (Phi) is 5.11. The van der Waals surface area contributed by atoms with Crippen molar-refractivity contribution < 1.29 is 9.21 Å². The third-order valence-electron chi connectivity index (χ3n) is 3.36. The van der Waals surface area contributed by atoms with E-state index in [-0.39, 0.29) is 17.7 Å². The van der Waals surface area contributed by atoms with Crippen molar-refractivity contribution in [1.82, 2.24) is 5.32 Å². The molecule has 0 aliphatic rings. The number of halogens is 2. The number of carbonyl (C=O) groups excluding carboxylic acids is 1. The molecule has 0 spiro atoms. The summed E-state index contributed by atoms with van der Waals surface area (Å²) < 4.78 is 5.46. The molecule has 5 heteroatoms. The standard InChI is InChI=1S/C13H19Cl2NO2/c1-5-13(6-14,7-15)16-12(17)11-8(2)9(3)18-10(11)4/h5-7H2,1-4H3,(H,16,17). The predicted octanol–water partition coefficient (Wildman–Crippen LogP) is 3.56. The third-order valence-corrected chi connectivity index (χ3v) is 4.38. The number of alkyl halides is 2. The molecule has 1 N–H and O–H groups in total. The monoisotopic (exact) mass is 291 g/mol. The maximum Gasteiger partial charge on any atom is 0.255 e. The quantitative estimate of drug-likeness (QED) is 0.843. The van der Waals surface area contributed by atoms with Gasteiger partial charge < -0.3 is 9.73 Å². The number of carbonyl (C=O) groups is 1. The van der Waals surface area contributed by atoms with Crippen LogP contribution in [-0.4, -0.2) is 23.2 Å². The summed E-state index contributed by atoms with van der Waals surface area (Å²) in [5.41, 5.74) is 0.879. The molecular formula is C13H19Cl2NO2. The van der Waals surface area contributed by atoms with Gasteiger partial charge in [0.15, 0.2) is 0 Å². The number of amides is 1. The summed E-state index contributed by atoms with van der Waals surface area (Å²) in [5, 5.41) is 2.93. The minimum absolute atomic E-state index is 0.176. The number of hydrogen-bond donors (Lipinski definition) is 1. The Hall–Kier alpha value is -0.670. The smallest absolute Gasteiger partial charge is 0.255 e. The molecule has 0 saturated carbocycles. The zero-order valence-corrected chi connectivity index (χ0v) is 12.7. The lowest BCUT2D eigenvalue weighted by atomic mass is 10.00. The van der Waals surface area contributed by atoms with Gasteiger partial charge in [-0.05, 0) is 27.2 Å². The molecule has 0 aliphatic heterocycles. The fraction of sp³-hybridized carbons (Fsp3) is 0.615. The van der Waals surface area contributed by atoms with Crippen LogP contribution in [0.5, 0.6) is 0 Å². The van der Waals surface area contributed by atoms with Gasteiger partial charge in [0, 0.05) is 17.3 Å². The Bertz CT molecular complexity index is 428. The fourth-order valence-corrected chi connectivity index (χ4v) is 2.61. The molecule has 1 amide bonds. The van der Waals surface area contributed by atoms with Gasteiger partial charge in [-0.25, -0.2) is 0 Å². The van der Waals surface area contributed by atoms with Gasteiger partial charge in [0.1, 0.15) is 11.5 Å². The molecule has 0 fully saturated rings. The fourth-order valence-electron chi connectivity index (χ4n) is 1.81. The van der Waals surface area contributed by atoms with E-state index in [2.05, 4.69) is 5.32 Å². The van der Waals surface area contributed by atoms with Crippen LogP contribution in [-0.2, 0) is 0 Å². The topological polar surface area (TPSA) is 42.2 Å². The number of rotatable bonds is 5. The van der Waals surface area contributed by atoms with Crippen molar-refractivity contribution in [2.45, 2.75) is 39.7 Å². The van der Waals surface area contributed by atoms with E-state index in [1.165, 1.54) is 0 Å². The van der Waals surface area contributed by atoms with Crippen LogP contribution in [0.3, 0.4) is 0 Å². The zero-order valence-electron chi connectivity index (χ0n) is 11.2. The van der Waals surface area contributed by atoms with Crippen LogP contribution < -0.4 is 5.32 Å². The van der Waals surface area contributed by atoms with Gasteiger partial charge in [-0.2, -0.15) is 0 Å². The number of furan rings is 1. The van der Waals surface area contributed by atoms with Gasteiger partial charge in [-0.1, -0.05) is 6.92 Å². The minimum atomic E-state index is -0.565. The van der Waals surface area contributed by atoms with Crippen molar-refractivity contribution in [3.05, 3.63) is 22.6 Å². The van der Waals surface area contributed by atoms with E-state index >= 15 is 0 Å². The summed E-state index contributed by atoms with van der Waals surface area (Å²) in [6.45, 7) is 7.44. The number of aryl methyl sites for hydroxylation is 2. The summed E-state index contributed by atoms with van der Waals surface area (Å²) >= 11 is 11.8. The Morgan fingerprint density at radius 2 is 1.78 bits per heavy atom. The van der Waals surface area contributed by atoms with Crippen LogP contribution in [0.2, 0.25) is 0 Å². The van der Waals surface area contributed by atoms with Crippen molar-refractivity contribution in [2.24, 2.45) is 0 Å². The molecule has 102 valence electrons. The van der Waals surface area contributed by atoms with Crippen LogP contribution in [0.15, 0.2) is 4.42 Å². The van der Waals surface area contributed by atoms with E-state index in [4.69, 9.17) is 27.6 Å². The van der Waals surface area contributed by atoms with Crippen LogP contribution in [0.1, 0.15) is 40.8 Å². The molecule has 1 aromatic heterocycles. The third kappa shape index (κ3) is 2.83. The van der Waals surface area contributed by atoms with Crippen molar-refractivity contribution >= 4 is 29.1 Å². The predicted molar refractivity (Wildman–Crippen MR) is 74.8 cm³/mol. The SMILES string of the molecule is CCC(CCl)(CCl)NC(=O)c1c(C)oc(C)c1C. The van der Waals surface area contributed by atoms with E-state index in [1.807, 2.05) is 20.8 Å². The normalized spacial score (nSPS) is 11.7. The summed E-state index contributed by atoms with van der Waals surface area (Å²) in [6.07, 6.45) is 0.681. The Labute approximate surface area is 118 Å². The molecule has 0 radical (unpaired) electrons. The molecule has 0 bridgehead atoms. The summed E-state index contributed by atoms with van der Waals surface area (Å²) in [7, 11) is 0. The second-order valence-electron chi connectivity index (χ2n) is 4.57. The first-order valence-corrected chi connectivity index (χ1v) is 6.98. The van der Waals surface area contributed by atoms with Crippen molar-refractivity contribution in [3.63, 3.8) is 0 Å². The van der Waals surface area contributed by atoms with Crippen LogP contribution in [0.4, 0.5) is 0 Å². The summed E-state index contributed by atoms with van der Waals surface area (Å²) in [4.78, 5) is 12.3. The first-order valence-electron chi connectivity index (χ1n) is 5.91. The van der Waals surface area contributed by atoms with Crippen LogP contribution in [0.25, 0.3) is 0 Å². The van der Waals surface area contributed by atoms with Crippen molar-refractivity contribution in [3.8, 4) is 0 Å². The molecule has 0 aliphatic carbocycles. The van der Waals surface area contributed by atoms with E-state index in [0.29, 0.717) is 17.7 Å². The molecule has 1 aromatic rings. The van der Waals surface area contributed by atoms with Gasteiger partial charge in [0.25, 0.3) is 5.91 Å². The van der Waals surface area contributed by atoms with Gasteiger partial charge >= 0.3 is 0 Å². The average Bonchev–Trinajstić information content (AvgIpc) is 2.60. The molecular weight excluding hydrogens is 273 g/mol. The highest BCUT2D eigenvalue weighted by Crippen LogP contribution is 2.22. The van der Waals surface area contributed by atoms with E-state index in [0.717, 1.165) is 11.3 Å². The molecule has 0 unspecified atom stereocenters. The highest BCUT2D eigenvalue weighted by Gasteiger charge is 2.30.